The molecule has 1 aromatic rings. The number of carbonyl (C=O) groups is 2. The summed E-state index contributed by atoms with van der Waals surface area (Å²) >= 11 is 0. The maximum atomic E-state index is 13.6. The third-order valence-corrected chi connectivity index (χ3v) is 6.05. The smallest absolute Gasteiger partial charge is 0.233 e. The van der Waals surface area contributed by atoms with Gasteiger partial charge in [-0.25, -0.2) is 8.78 Å². The van der Waals surface area contributed by atoms with Gasteiger partial charge in [0.25, 0.3) is 0 Å². The lowest BCUT2D eigenvalue weighted by molar-refractivity contribution is -0.140. The lowest BCUT2D eigenvalue weighted by atomic mass is 9.85. The molecule has 1 saturated heterocycles. The normalized spacial score (nSPS) is 25.7. The lowest BCUT2D eigenvalue weighted by Gasteiger charge is -2.17. The van der Waals surface area contributed by atoms with Crippen molar-refractivity contribution in [3.63, 3.8) is 0 Å². The van der Waals surface area contributed by atoms with Crippen LogP contribution in [0.15, 0.2) is 35.3 Å². The fraction of sp³-hybridized carbons (Fsp3) is 0.500. The molecule has 2 bridgehead atoms. The second-order valence-corrected chi connectivity index (χ2v) is 7.94. The average molecular weight is 560 g/mol. The van der Waals surface area contributed by atoms with Crippen LogP contribution in [0.2, 0.25) is 0 Å². The molecule has 7 nitrogen and oxygen atoms in total. The number of allylic oxidation sites excluding steroid dienone is 2. The van der Waals surface area contributed by atoms with E-state index in [9.17, 15) is 18.4 Å². The van der Waals surface area contributed by atoms with Crippen molar-refractivity contribution in [1.29, 1.82) is 0 Å². The molecule has 0 radical (unpaired) electrons. The Bertz CT molecular complexity index is 896. The van der Waals surface area contributed by atoms with Crippen LogP contribution in [-0.2, 0) is 9.59 Å². The maximum absolute atomic E-state index is 13.6. The number of ether oxygens (including phenoxy) is 1. The molecule has 1 saturated carbocycles. The van der Waals surface area contributed by atoms with Crippen LogP contribution in [0.3, 0.4) is 0 Å². The molecule has 10 heteroatoms. The summed E-state index contributed by atoms with van der Waals surface area (Å²) < 4.78 is 31.8. The number of imide groups is 1. The van der Waals surface area contributed by atoms with E-state index in [1.54, 1.807) is 0 Å². The molecule has 174 valence electrons. The van der Waals surface area contributed by atoms with Gasteiger partial charge in [0.1, 0.15) is 12.4 Å². The molecule has 2 aliphatic carbocycles. The van der Waals surface area contributed by atoms with Crippen LogP contribution in [0.5, 0.6) is 5.75 Å². The van der Waals surface area contributed by atoms with Gasteiger partial charge in [-0.1, -0.05) is 12.2 Å². The fourth-order valence-corrected chi connectivity index (χ4v) is 4.71. The number of carbonyl (C=O) groups excluding carboxylic acids is 2. The highest BCUT2D eigenvalue weighted by Crippen LogP contribution is 2.52. The molecule has 0 spiro atoms. The van der Waals surface area contributed by atoms with E-state index in [0.717, 1.165) is 18.6 Å². The highest BCUT2D eigenvalue weighted by molar-refractivity contribution is 14.0. The minimum Gasteiger partial charge on any atom is -0.489 e. The number of rotatable bonds is 8. The zero-order valence-electron chi connectivity index (χ0n) is 17.7. The number of hydrogen-bond acceptors (Lipinski definition) is 4. The van der Waals surface area contributed by atoms with Gasteiger partial charge < -0.3 is 15.4 Å². The van der Waals surface area contributed by atoms with E-state index in [4.69, 9.17) is 4.74 Å². The molecular weight excluding hydrogens is 533 g/mol. The highest BCUT2D eigenvalue weighted by atomic mass is 127. The summed E-state index contributed by atoms with van der Waals surface area (Å²) in [6.07, 6.45) is 5.06. The summed E-state index contributed by atoms with van der Waals surface area (Å²) in [5, 5.41) is 6.13. The van der Waals surface area contributed by atoms with Crippen LogP contribution < -0.4 is 15.4 Å². The summed E-state index contributed by atoms with van der Waals surface area (Å²) in [4.78, 5) is 31.2. The lowest BCUT2D eigenvalue weighted by Crippen LogP contribution is -2.40. The third-order valence-electron chi connectivity index (χ3n) is 6.05. The van der Waals surface area contributed by atoms with Gasteiger partial charge in [-0.3, -0.25) is 19.5 Å². The minimum absolute atomic E-state index is 0. The number of amides is 2. The van der Waals surface area contributed by atoms with Crippen LogP contribution in [0.4, 0.5) is 8.78 Å². The molecule has 1 aromatic carbocycles. The van der Waals surface area contributed by atoms with Crippen molar-refractivity contribution in [3.05, 3.63) is 42.0 Å². The zero-order chi connectivity index (χ0) is 22.0. The van der Waals surface area contributed by atoms with E-state index in [1.807, 2.05) is 6.92 Å². The quantitative estimate of drug-likeness (QED) is 0.127. The van der Waals surface area contributed by atoms with Crippen molar-refractivity contribution in [2.24, 2.45) is 28.7 Å². The topological polar surface area (TPSA) is 83.0 Å². The Morgan fingerprint density at radius 2 is 1.84 bits per heavy atom. The number of benzene rings is 1. The van der Waals surface area contributed by atoms with Crippen molar-refractivity contribution < 1.29 is 23.1 Å². The van der Waals surface area contributed by atoms with Crippen molar-refractivity contribution in [2.45, 2.75) is 13.3 Å². The number of nitrogens with one attached hydrogen (secondary N) is 2. The van der Waals surface area contributed by atoms with Crippen molar-refractivity contribution in [2.75, 3.05) is 32.8 Å². The van der Waals surface area contributed by atoms with Crippen LogP contribution in [0.25, 0.3) is 0 Å². The molecule has 4 rings (SSSR count). The number of nitrogens with zero attached hydrogens (tertiary/aromatic N) is 2. The van der Waals surface area contributed by atoms with E-state index >= 15 is 0 Å². The van der Waals surface area contributed by atoms with E-state index in [-0.39, 0.29) is 84.9 Å². The fourth-order valence-electron chi connectivity index (χ4n) is 4.71. The van der Waals surface area contributed by atoms with Gasteiger partial charge in [-0.05, 0) is 37.3 Å². The van der Waals surface area contributed by atoms with Gasteiger partial charge in [0, 0.05) is 19.2 Å². The Morgan fingerprint density at radius 3 is 2.47 bits per heavy atom. The average Bonchev–Trinajstić information content (AvgIpc) is 3.42. The predicted octanol–water partition coefficient (Wildman–Crippen LogP) is 2.32. The van der Waals surface area contributed by atoms with Crippen LogP contribution in [0, 0.1) is 35.3 Å². The molecule has 3 aliphatic rings. The monoisotopic (exact) mass is 560 g/mol. The first-order chi connectivity index (χ1) is 15.0. The molecule has 2 fully saturated rings. The van der Waals surface area contributed by atoms with E-state index in [0.29, 0.717) is 19.0 Å². The Balaban J connectivity index is 0.00000289. The largest absolute Gasteiger partial charge is 0.489 e. The Morgan fingerprint density at radius 1 is 1.16 bits per heavy atom. The molecule has 1 aliphatic heterocycles. The van der Waals surface area contributed by atoms with E-state index in [1.165, 1.54) is 11.0 Å². The standard InChI is InChI=1S/C22H26F2N4O3.HI/c1-2-25-22(27-8-10-31-17-6-5-15(23)12-16(17)24)26-7-9-28-20(29)18-13-3-4-14(11-13)19(18)21(28)30;/h3-6,12-14,18-19H,2,7-11H2,1H3,(H2,25,26,27);1H. The van der Waals surface area contributed by atoms with Gasteiger partial charge >= 0.3 is 0 Å². The molecule has 4 unspecified atom stereocenters. The minimum atomic E-state index is -0.756. The second kappa shape index (κ2) is 10.6. The summed E-state index contributed by atoms with van der Waals surface area (Å²) in [6, 6.07) is 3.14. The highest BCUT2D eigenvalue weighted by Gasteiger charge is 2.58. The number of likely N-dealkylation sites (tertiary alicyclic amines) is 1. The number of aliphatic imine (C=N–C) groups is 1. The van der Waals surface area contributed by atoms with Crippen LogP contribution in [0.1, 0.15) is 13.3 Å². The van der Waals surface area contributed by atoms with Crippen LogP contribution in [-0.4, -0.2) is 55.5 Å². The van der Waals surface area contributed by atoms with Gasteiger partial charge in [0.05, 0.1) is 24.9 Å². The third kappa shape index (κ3) is 4.89. The number of halogens is 3. The molecular formula is C22H27F2IN4O3. The molecule has 2 amide bonds. The summed E-state index contributed by atoms with van der Waals surface area (Å²) in [7, 11) is 0. The van der Waals surface area contributed by atoms with Gasteiger partial charge in [-0.15, -0.1) is 24.0 Å². The second-order valence-electron chi connectivity index (χ2n) is 7.94. The zero-order valence-corrected chi connectivity index (χ0v) is 20.1. The molecule has 1 heterocycles. The van der Waals surface area contributed by atoms with Gasteiger partial charge in [0.15, 0.2) is 17.5 Å². The van der Waals surface area contributed by atoms with E-state index < -0.39 is 11.6 Å². The van der Waals surface area contributed by atoms with E-state index in [2.05, 4.69) is 27.8 Å². The molecule has 32 heavy (non-hydrogen) atoms. The number of guanidine groups is 1. The first kappa shape index (κ1) is 24.4. The summed E-state index contributed by atoms with van der Waals surface area (Å²) in [6.45, 7) is 3.55. The Labute approximate surface area is 202 Å². The Kier molecular flexibility index (Phi) is 8.07. The SMILES string of the molecule is CCNC(=NCCN1C(=O)C2C3C=CC(C3)C2C1=O)NCCOc1ccc(F)cc1F.I. The van der Waals surface area contributed by atoms with Gasteiger partial charge in [0.2, 0.25) is 11.8 Å². The molecule has 4 atom stereocenters. The number of hydrogen-bond donors (Lipinski definition) is 2. The maximum Gasteiger partial charge on any atom is 0.233 e. The summed E-state index contributed by atoms with van der Waals surface area (Å²) in [5.74, 6) is -1.07. The first-order valence-electron chi connectivity index (χ1n) is 10.6. The first-order valence-corrected chi connectivity index (χ1v) is 10.6. The predicted molar refractivity (Wildman–Crippen MR) is 126 cm³/mol. The van der Waals surface area contributed by atoms with Gasteiger partial charge in [-0.2, -0.15) is 0 Å². The molecule has 2 N–H and O–H groups in total. The van der Waals surface area contributed by atoms with Crippen LogP contribution >= 0.6 is 24.0 Å². The Hall–Kier alpha value is -2.24. The molecule has 0 aromatic heterocycles. The van der Waals surface area contributed by atoms with Crippen molar-refractivity contribution in [1.82, 2.24) is 15.5 Å². The number of fused-ring (bicyclic) bond motifs is 5. The van der Waals surface area contributed by atoms with Crippen molar-refractivity contribution in [3.8, 4) is 5.75 Å². The van der Waals surface area contributed by atoms with Crippen molar-refractivity contribution >= 4 is 41.8 Å². The summed E-state index contributed by atoms with van der Waals surface area (Å²) in [5.41, 5.74) is 0.